The van der Waals surface area contributed by atoms with E-state index >= 15 is 0 Å². The zero-order valence-corrected chi connectivity index (χ0v) is 16.2. The number of carbonyl (C=O) groups excluding carboxylic acids is 3. The Morgan fingerprint density at radius 1 is 1.03 bits per heavy atom. The van der Waals surface area contributed by atoms with Gasteiger partial charge in [0.15, 0.2) is 5.82 Å². The summed E-state index contributed by atoms with van der Waals surface area (Å²) < 4.78 is 6.18. The summed E-state index contributed by atoms with van der Waals surface area (Å²) in [4.78, 5) is 43.3. The van der Waals surface area contributed by atoms with Crippen molar-refractivity contribution < 1.29 is 19.1 Å². The lowest BCUT2D eigenvalue weighted by Crippen LogP contribution is -2.27. The fraction of sp³-hybridized carbons (Fsp3) is 0.190. The molecule has 0 spiro atoms. The maximum atomic E-state index is 12.8. The lowest BCUT2D eigenvalue weighted by atomic mass is 10.2. The van der Waals surface area contributed by atoms with Crippen molar-refractivity contribution in [2.24, 2.45) is 0 Å². The molecule has 0 atom stereocenters. The monoisotopic (exact) mass is 405 g/mol. The number of pyridine rings is 1. The van der Waals surface area contributed by atoms with Gasteiger partial charge in [-0.1, -0.05) is 18.2 Å². The number of amides is 2. The molecule has 4 rings (SSSR count). The van der Waals surface area contributed by atoms with Gasteiger partial charge in [0.2, 0.25) is 0 Å². The molecule has 9 nitrogen and oxygen atoms in total. The summed E-state index contributed by atoms with van der Waals surface area (Å²) in [6.45, 7) is 2.25. The first kappa shape index (κ1) is 19.3. The third-order valence-electron chi connectivity index (χ3n) is 4.70. The van der Waals surface area contributed by atoms with Crippen LogP contribution in [0.1, 0.15) is 38.9 Å². The Kier molecular flexibility index (Phi) is 5.25. The molecule has 3 aromatic rings. The van der Waals surface area contributed by atoms with Crippen LogP contribution >= 0.6 is 0 Å². The van der Waals surface area contributed by atoms with E-state index in [0.29, 0.717) is 22.4 Å². The Hall–Kier alpha value is -4.01. The quantitative estimate of drug-likeness (QED) is 0.715. The Bertz CT molecular complexity index is 1100. The van der Waals surface area contributed by atoms with E-state index in [0.717, 1.165) is 4.68 Å². The maximum Gasteiger partial charge on any atom is 0.435 e. The summed E-state index contributed by atoms with van der Waals surface area (Å²) in [5.74, 6) is -0.327. The Labute approximate surface area is 172 Å². The molecule has 0 bridgehead atoms. The van der Waals surface area contributed by atoms with Gasteiger partial charge in [-0.25, -0.2) is 4.79 Å². The Balaban J connectivity index is 1.64. The van der Waals surface area contributed by atoms with E-state index in [1.807, 2.05) is 6.07 Å². The van der Waals surface area contributed by atoms with Crippen LogP contribution in [0, 0.1) is 0 Å². The van der Waals surface area contributed by atoms with Crippen molar-refractivity contribution in [1.29, 1.82) is 0 Å². The van der Waals surface area contributed by atoms with Gasteiger partial charge in [0.05, 0.1) is 25.4 Å². The van der Waals surface area contributed by atoms with E-state index in [1.165, 1.54) is 0 Å². The van der Waals surface area contributed by atoms with Crippen molar-refractivity contribution in [3.8, 4) is 0 Å². The van der Waals surface area contributed by atoms with Crippen molar-refractivity contribution >= 4 is 23.7 Å². The number of nitrogens with one attached hydrogen (secondary N) is 1. The van der Waals surface area contributed by atoms with Gasteiger partial charge in [0.25, 0.3) is 11.8 Å². The molecule has 0 fully saturated rings. The summed E-state index contributed by atoms with van der Waals surface area (Å²) in [7, 11) is 0. The van der Waals surface area contributed by atoms with Gasteiger partial charge in [-0.15, -0.1) is 5.10 Å². The van der Waals surface area contributed by atoms with Crippen LogP contribution in [0.2, 0.25) is 0 Å². The minimum Gasteiger partial charge on any atom is -0.448 e. The highest BCUT2D eigenvalue weighted by Gasteiger charge is 2.34. The minimum atomic E-state index is -0.660. The molecule has 1 aliphatic heterocycles. The SMILES string of the molecule is CCOC(=O)n1nc(NC(=O)c2ccccc2)c2c1CN(C(=O)c1ccncc1)C2. The van der Waals surface area contributed by atoms with Crippen LogP contribution in [-0.4, -0.2) is 44.2 Å². The molecule has 2 aromatic heterocycles. The molecule has 0 aliphatic carbocycles. The smallest absolute Gasteiger partial charge is 0.435 e. The fourth-order valence-corrected chi connectivity index (χ4v) is 3.27. The van der Waals surface area contributed by atoms with Gasteiger partial charge < -0.3 is 15.0 Å². The largest absolute Gasteiger partial charge is 0.448 e. The summed E-state index contributed by atoms with van der Waals surface area (Å²) >= 11 is 0. The normalized spacial score (nSPS) is 12.4. The predicted octanol–water partition coefficient (Wildman–Crippen LogP) is 2.69. The third-order valence-corrected chi connectivity index (χ3v) is 4.70. The van der Waals surface area contributed by atoms with Gasteiger partial charge in [-0.2, -0.15) is 4.68 Å². The number of hydrogen-bond acceptors (Lipinski definition) is 6. The molecule has 1 aromatic carbocycles. The number of benzene rings is 1. The zero-order valence-electron chi connectivity index (χ0n) is 16.2. The highest BCUT2D eigenvalue weighted by molar-refractivity contribution is 6.04. The molecule has 2 amide bonds. The number of anilines is 1. The summed E-state index contributed by atoms with van der Waals surface area (Å²) in [6, 6.07) is 11.9. The fourth-order valence-electron chi connectivity index (χ4n) is 3.27. The molecule has 0 saturated heterocycles. The molecule has 30 heavy (non-hydrogen) atoms. The topological polar surface area (TPSA) is 106 Å². The lowest BCUT2D eigenvalue weighted by Gasteiger charge is -2.16. The van der Waals surface area contributed by atoms with Crippen LogP contribution in [-0.2, 0) is 17.8 Å². The third kappa shape index (κ3) is 3.64. The number of ether oxygens (including phenoxy) is 1. The molecular formula is C21H19N5O4. The summed E-state index contributed by atoms with van der Waals surface area (Å²) in [5.41, 5.74) is 2.06. The zero-order chi connectivity index (χ0) is 21.1. The van der Waals surface area contributed by atoms with Gasteiger partial charge in [0, 0.05) is 29.1 Å². The average Bonchev–Trinajstić information content (AvgIpc) is 3.35. The van der Waals surface area contributed by atoms with Crippen LogP contribution in [0.25, 0.3) is 0 Å². The van der Waals surface area contributed by atoms with Crippen molar-refractivity contribution in [2.75, 3.05) is 11.9 Å². The number of fused-ring (bicyclic) bond motifs is 1. The molecular weight excluding hydrogens is 386 g/mol. The van der Waals surface area contributed by atoms with E-state index in [2.05, 4.69) is 15.4 Å². The van der Waals surface area contributed by atoms with Crippen molar-refractivity contribution in [2.45, 2.75) is 20.0 Å². The molecule has 0 radical (unpaired) electrons. The van der Waals surface area contributed by atoms with E-state index in [9.17, 15) is 14.4 Å². The van der Waals surface area contributed by atoms with E-state index in [-0.39, 0.29) is 37.3 Å². The highest BCUT2D eigenvalue weighted by atomic mass is 16.6. The summed E-state index contributed by atoms with van der Waals surface area (Å²) in [5, 5.41) is 6.99. The molecule has 1 N–H and O–H groups in total. The minimum absolute atomic E-state index is 0.170. The van der Waals surface area contributed by atoms with E-state index in [4.69, 9.17) is 4.74 Å². The first-order valence-corrected chi connectivity index (χ1v) is 9.42. The van der Waals surface area contributed by atoms with Crippen LogP contribution < -0.4 is 5.32 Å². The van der Waals surface area contributed by atoms with Crippen LogP contribution in [0.4, 0.5) is 10.6 Å². The van der Waals surface area contributed by atoms with Gasteiger partial charge in [-0.05, 0) is 31.2 Å². The number of hydrogen-bond donors (Lipinski definition) is 1. The first-order valence-electron chi connectivity index (χ1n) is 9.42. The maximum absolute atomic E-state index is 12.8. The summed E-state index contributed by atoms with van der Waals surface area (Å²) in [6.07, 6.45) is 2.43. The Morgan fingerprint density at radius 3 is 2.47 bits per heavy atom. The standard InChI is InChI=1S/C21H19N5O4/c1-2-30-21(29)26-17-13-25(20(28)15-8-10-22-11-9-15)12-16(17)18(24-26)23-19(27)14-6-4-3-5-7-14/h3-11H,2,12-13H2,1H3,(H,23,24,27). The second kappa shape index (κ2) is 8.16. The molecule has 9 heteroatoms. The number of rotatable bonds is 4. The van der Waals surface area contributed by atoms with Crippen molar-refractivity contribution in [3.05, 3.63) is 77.2 Å². The molecule has 3 heterocycles. The average molecular weight is 405 g/mol. The van der Waals surface area contributed by atoms with Crippen LogP contribution in [0.15, 0.2) is 54.9 Å². The number of nitrogens with zero attached hydrogens (tertiary/aromatic N) is 4. The van der Waals surface area contributed by atoms with E-state index in [1.54, 1.807) is 60.6 Å². The van der Waals surface area contributed by atoms with Gasteiger partial charge in [-0.3, -0.25) is 14.6 Å². The predicted molar refractivity (Wildman–Crippen MR) is 107 cm³/mol. The van der Waals surface area contributed by atoms with Gasteiger partial charge in [0.1, 0.15) is 0 Å². The van der Waals surface area contributed by atoms with Crippen molar-refractivity contribution in [1.82, 2.24) is 19.7 Å². The second-order valence-corrected chi connectivity index (χ2v) is 6.60. The lowest BCUT2D eigenvalue weighted by molar-refractivity contribution is 0.0746. The number of carbonyl (C=O) groups is 3. The first-order chi connectivity index (χ1) is 14.6. The highest BCUT2D eigenvalue weighted by Crippen LogP contribution is 2.30. The Morgan fingerprint density at radius 2 is 1.77 bits per heavy atom. The molecule has 152 valence electrons. The molecule has 0 unspecified atom stereocenters. The van der Waals surface area contributed by atoms with Crippen LogP contribution in [0.5, 0.6) is 0 Å². The van der Waals surface area contributed by atoms with Gasteiger partial charge >= 0.3 is 6.09 Å². The molecule has 0 saturated carbocycles. The van der Waals surface area contributed by atoms with E-state index < -0.39 is 6.09 Å². The number of aromatic nitrogens is 3. The molecule has 1 aliphatic rings. The van der Waals surface area contributed by atoms with Crippen LogP contribution in [0.3, 0.4) is 0 Å². The van der Waals surface area contributed by atoms with Crippen molar-refractivity contribution in [3.63, 3.8) is 0 Å². The second-order valence-electron chi connectivity index (χ2n) is 6.60.